The molecule has 0 spiro atoms. The van der Waals surface area contributed by atoms with Gasteiger partial charge in [0, 0.05) is 26.1 Å². The fourth-order valence-corrected chi connectivity index (χ4v) is 3.60. The summed E-state index contributed by atoms with van der Waals surface area (Å²) in [5.41, 5.74) is 9.40. The van der Waals surface area contributed by atoms with Gasteiger partial charge in [-0.05, 0) is 31.5 Å². The van der Waals surface area contributed by atoms with Gasteiger partial charge in [0.1, 0.15) is 5.82 Å². The SMILES string of the molecule is CCc1nc(N)ccc1-c1c(C)sc2ccccc12. The van der Waals surface area contributed by atoms with Crippen molar-refractivity contribution in [3.8, 4) is 11.1 Å². The number of hydrogen-bond donors (Lipinski definition) is 1. The summed E-state index contributed by atoms with van der Waals surface area (Å²) in [6.07, 6.45) is 0.893. The van der Waals surface area contributed by atoms with E-state index >= 15 is 0 Å². The van der Waals surface area contributed by atoms with Crippen LogP contribution < -0.4 is 5.73 Å². The molecular formula is C16H16N2S. The molecule has 0 unspecified atom stereocenters. The molecule has 2 aromatic heterocycles. The molecule has 0 saturated carbocycles. The van der Waals surface area contributed by atoms with Gasteiger partial charge in [0.05, 0.1) is 5.69 Å². The normalized spacial score (nSPS) is 11.1. The number of aryl methyl sites for hydroxylation is 2. The van der Waals surface area contributed by atoms with Gasteiger partial charge in [0.2, 0.25) is 0 Å². The fraction of sp³-hybridized carbons (Fsp3) is 0.188. The molecule has 2 heterocycles. The van der Waals surface area contributed by atoms with Crippen molar-refractivity contribution in [2.45, 2.75) is 20.3 Å². The van der Waals surface area contributed by atoms with Crippen LogP contribution in [0.25, 0.3) is 21.2 Å². The summed E-state index contributed by atoms with van der Waals surface area (Å²) in [6, 6.07) is 12.5. The smallest absolute Gasteiger partial charge is 0.123 e. The van der Waals surface area contributed by atoms with Gasteiger partial charge >= 0.3 is 0 Å². The van der Waals surface area contributed by atoms with Crippen molar-refractivity contribution in [1.29, 1.82) is 0 Å². The lowest BCUT2D eigenvalue weighted by Crippen LogP contribution is -1.97. The van der Waals surface area contributed by atoms with Crippen molar-refractivity contribution in [2.24, 2.45) is 0 Å². The van der Waals surface area contributed by atoms with Gasteiger partial charge in [-0.3, -0.25) is 0 Å². The molecule has 2 N–H and O–H groups in total. The number of pyridine rings is 1. The van der Waals surface area contributed by atoms with E-state index in [-0.39, 0.29) is 0 Å². The maximum Gasteiger partial charge on any atom is 0.123 e. The summed E-state index contributed by atoms with van der Waals surface area (Å²) in [5.74, 6) is 0.595. The van der Waals surface area contributed by atoms with Crippen LogP contribution in [0.3, 0.4) is 0 Å². The number of benzene rings is 1. The molecule has 96 valence electrons. The van der Waals surface area contributed by atoms with Crippen LogP contribution >= 0.6 is 11.3 Å². The number of rotatable bonds is 2. The van der Waals surface area contributed by atoms with Crippen molar-refractivity contribution in [1.82, 2.24) is 4.98 Å². The van der Waals surface area contributed by atoms with Crippen LogP contribution in [-0.2, 0) is 6.42 Å². The molecule has 0 saturated heterocycles. The molecular weight excluding hydrogens is 252 g/mol. The van der Waals surface area contributed by atoms with Gasteiger partial charge in [0.25, 0.3) is 0 Å². The van der Waals surface area contributed by atoms with Crippen LogP contribution in [0.5, 0.6) is 0 Å². The van der Waals surface area contributed by atoms with Crippen molar-refractivity contribution in [2.75, 3.05) is 5.73 Å². The Morgan fingerprint density at radius 3 is 2.74 bits per heavy atom. The second-order valence-electron chi connectivity index (χ2n) is 4.61. The van der Waals surface area contributed by atoms with Gasteiger partial charge in [-0.15, -0.1) is 11.3 Å². The number of nitrogen functional groups attached to an aromatic ring is 1. The first-order chi connectivity index (χ1) is 9.20. The Morgan fingerprint density at radius 1 is 1.16 bits per heavy atom. The summed E-state index contributed by atoms with van der Waals surface area (Å²) in [6.45, 7) is 4.30. The molecule has 0 fully saturated rings. The third kappa shape index (κ3) is 2.00. The highest BCUT2D eigenvalue weighted by Crippen LogP contribution is 2.39. The number of aromatic nitrogens is 1. The summed E-state index contributed by atoms with van der Waals surface area (Å²) in [4.78, 5) is 5.81. The first kappa shape index (κ1) is 12.2. The molecule has 0 radical (unpaired) electrons. The molecule has 3 aromatic rings. The van der Waals surface area contributed by atoms with Crippen molar-refractivity contribution in [3.05, 3.63) is 47.0 Å². The minimum Gasteiger partial charge on any atom is -0.384 e. The summed E-state index contributed by atoms with van der Waals surface area (Å²) in [5, 5.41) is 1.31. The lowest BCUT2D eigenvalue weighted by Gasteiger charge is -2.08. The van der Waals surface area contributed by atoms with Gasteiger partial charge < -0.3 is 5.73 Å². The topological polar surface area (TPSA) is 38.9 Å². The van der Waals surface area contributed by atoms with Crippen LogP contribution in [0.1, 0.15) is 17.5 Å². The third-order valence-corrected chi connectivity index (χ3v) is 4.46. The molecule has 3 rings (SSSR count). The average Bonchev–Trinajstić information content (AvgIpc) is 2.74. The zero-order valence-electron chi connectivity index (χ0n) is 11.1. The van der Waals surface area contributed by atoms with Crippen molar-refractivity contribution < 1.29 is 0 Å². The predicted molar refractivity (Wildman–Crippen MR) is 83.6 cm³/mol. The van der Waals surface area contributed by atoms with Crippen LogP contribution in [0.2, 0.25) is 0 Å². The molecule has 0 aliphatic carbocycles. The highest BCUT2D eigenvalue weighted by atomic mass is 32.1. The number of anilines is 1. The summed E-state index contributed by atoms with van der Waals surface area (Å²) < 4.78 is 1.33. The first-order valence-corrected chi connectivity index (χ1v) is 7.26. The average molecular weight is 268 g/mol. The maximum absolute atomic E-state index is 5.80. The monoisotopic (exact) mass is 268 g/mol. The molecule has 0 bridgehead atoms. The van der Waals surface area contributed by atoms with Crippen LogP contribution in [-0.4, -0.2) is 4.98 Å². The van der Waals surface area contributed by atoms with Crippen molar-refractivity contribution >= 4 is 27.2 Å². The second-order valence-corrected chi connectivity index (χ2v) is 5.87. The Bertz CT molecular complexity index is 744. The van der Waals surface area contributed by atoms with Crippen LogP contribution in [0.4, 0.5) is 5.82 Å². The maximum atomic E-state index is 5.80. The number of fused-ring (bicyclic) bond motifs is 1. The van der Waals surface area contributed by atoms with E-state index in [1.807, 2.05) is 17.4 Å². The molecule has 0 atom stereocenters. The van der Waals surface area contributed by atoms with Crippen LogP contribution in [0.15, 0.2) is 36.4 Å². The lowest BCUT2D eigenvalue weighted by molar-refractivity contribution is 1.05. The van der Waals surface area contributed by atoms with Gasteiger partial charge in [-0.1, -0.05) is 25.1 Å². The second kappa shape index (κ2) is 4.67. The predicted octanol–water partition coefficient (Wildman–Crippen LogP) is 4.42. The Kier molecular flexibility index (Phi) is 2.99. The fourth-order valence-electron chi connectivity index (χ4n) is 2.52. The quantitative estimate of drug-likeness (QED) is 0.747. The summed E-state index contributed by atoms with van der Waals surface area (Å²) in [7, 11) is 0. The number of nitrogens with two attached hydrogens (primary N) is 1. The van der Waals surface area contributed by atoms with E-state index in [2.05, 4.69) is 49.2 Å². The standard InChI is InChI=1S/C16H16N2S/c1-3-13-11(8-9-15(17)18-13)16-10(2)19-14-7-5-4-6-12(14)16/h4-9H,3H2,1-2H3,(H2,17,18). The Balaban J connectivity index is 2.33. The van der Waals surface area contributed by atoms with Crippen molar-refractivity contribution in [3.63, 3.8) is 0 Å². The van der Waals surface area contributed by atoms with Gasteiger partial charge in [-0.25, -0.2) is 4.98 Å². The van der Waals surface area contributed by atoms with Gasteiger partial charge in [0.15, 0.2) is 0 Å². The zero-order chi connectivity index (χ0) is 13.4. The molecule has 0 amide bonds. The van der Waals surface area contributed by atoms with E-state index in [0.717, 1.165) is 12.1 Å². The highest BCUT2D eigenvalue weighted by molar-refractivity contribution is 7.19. The summed E-state index contributed by atoms with van der Waals surface area (Å²) >= 11 is 1.84. The van der Waals surface area contributed by atoms with E-state index in [4.69, 9.17) is 5.73 Å². The molecule has 3 heteroatoms. The Morgan fingerprint density at radius 2 is 1.95 bits per heavy atom. The van der Waals surface area contributed by atoms with E-state index in [1.165, 1.54) is 26.1 Å². The van der Waals surface area contributed by atoms with E-state index in [0.29, 0.717) is 5.82 Å². The molecule has 1 aromatic carbocycles. The molecule has 2 nitrogen and oxygen atoms in total. The zero-order valence-corrected chi connectivity index (χ0v) is 11.9. The largest absolute Gasteiger partial charge is 0.384 e. The first-order valence-electron chi connectivity index (χ1n) is 6.44. The van der Waals surface area contributed by atoms with Crippen LogP contribution in [0, 0.1) is 6.92 Å². The lowest BCUT2D eigenvalue weighted by atomic mass is 9.99. The highest BCUT2D eigenvalue weighted by Gasteiger charge is 2.14. The van der Waals surface area contributed by atoms with E-state index < -0.39 is 0 Å². The van der Waals surface area contributed by atoms with E-state index in [9.17, 15) is 0 Å². The third-order valence-electron chi connectivity index (χ3n) is 3.37. The minimum atomic E-state index is 0.595. The van der Waals surface area contributed by atoms with Gasteiger partial charge in [-0.2, -0.15) is 0 Å². The number of nitrogens with zero attached hydrogens (tertiary/aromatic N) is 1. The molecule has 19 heavy (non-hydrogen) atoms. The van der Waals surface area contributed by atoms with E-state index in [1.54, 1.807) is 0 Å². The minimum absolute atomic E-state index is 0.595. The number of hydrogen-bond acceptors (Lipinski definition) is 3. The molecule has 0 aliphatic rings. The number of thiophene rings is 1. The Hall–Kier alpha value is -1.87. The Labute approximate surface area is 116 Å². The molecule has 0 aliphatic heterocycles.